The van der Waals surface area contributed by atoms with Crippen molar-refractivity contribution in [2.45, 2.75) is 30.8 Å². The van der Waals surface area contributed by atoms with Crippen molar-refractivity contribution in [1.29, 1.82) is 0 Å². The van der Waals surface area contributed by atoms with E-state index in [4.69, 9.17) is 5.73 Å². The Hall–Kier alpha value is -2.15. The molecule has 1 amide bonds. The molecule has 0 fully saturated rings. The topological polar surface area (TPSA) is 72.1 Å². The van der Waals surface area contributed by atoms with E-state index in [1.54, 1.807) is 37.1 Å². The van der Waals surface area contributed by atoms with E-state index < -0.39 is 0 Å². The average molecular weight is 334 g/mol. The first-order chi connectivity index (χ1) is 10.8. The third-order valence-corrected chi connectivity index (χ3v) is 4.12. The van der Waals surface area contributed by atoms with Crippen molar-refractivity contribution in [1.82, 2.24) is 14.9 Å². The minimum Gasteiger partial charge on any atom is -0.384 e. The van der Waals surface area contributed by atoms with Gasteiger partial charge in [0.15, 0.2) is 5.16 Å². The molecule has 0 aliphatic carbocycles. The zero-order valence-corrected chi connectivity index (χ0v) is 14.1. The summed E-state index contributed by atoms with van der Waals surface area (Å²) in [6.07, 6.45) is 0. The van der Waals surface area contributed by atoms with Crippen molar-refractivity contribution in [2.24, 2.45) is 0 Å². The van der Waals surface area contributed by atoms with Gasteiger partial charge in [-0.15, -0.1) is 0 Å². The van der Waals surface area contributed by atoms with Gasteiger partial charge in [-0.05, 0) is 31.5 Å². The summed E-state index contributed by atoms with van der Waals surface area (Å²) in [5.74, 6) is -0.00916. The Bertz CT molecular complexity index is 690. The number of carbonyl (C=O) groups is 1. The van der Waals surface area contributed by atoms with Crippen LogP contribution in [0.4, 0.5) is 10.2 Å². The van der Waals surface area contributed by atoms with E-state index in [0.29, 0.717) is 17.5 Å². The highest BCUT2D eigenvalue weighted by molar-refractivity contribution is 8.00. The number of hydrogen-bond donors (Lipinski definition) is 1. The van der Waals surface area contributed by atoms with Crippen LogP contribution in [0.1, 0.15) is 18.2 Å². The number of benzene rings is 1. The maximum atomic E-state index is 13.2. The lowest BCUT2D eigenvalue weighted by atomic mass is 10.2. The third-order valence-electron chi connectivity index (χ3n) is 3.17. The molecule has 0 spiro atoms. The van der Waals surface area contributed by atoms with Gasteiger partial charge in [0.05, 0.1) is 5.25 Å². The minimum absolute atomic E-state index is 0.0806. The quantitative estimate of drug-likeness (QED) is 0.672. The van der Waals surface area contributed by atoms with E-state index in [0.717, 1.165) is 11.3 Å². The molecule has 0 aliphatic rings. The van der Waals surface area contributed by atoms with Gasteiger partial charge in [-0.1, -0.05) is 23.9 Å². The highest BCUT2D eigenvalue weighted by atomic mass is 32.2. The van der Waals surface area contributed by atoms with Gasteiger partial charge in [-0.3, -0.25) is 4.79 Å². The fourth-order valence-electron chi connectivity index (χ4n) is 2.12. The number of aromatic nitrogens is 2. The second kappa shape index (κ2) is 7.41. The van der Waals surface area contributed by atoms with Crippen LogP contribution in [-0.2, 0) is 11.3 Å². The zero-order chi connectivity index (χ0) is 17.0. The largest absolute Gasteiger partial charge is 0.384 e. The van der Waals surface area contributed by atoms with E-state index in [2.05, 4.69) is 9.97 Å². The maximum Gasteiger partial charge on any atom is 0.235 e. The van der Waals surface area contributed by atoms with Gasteiger partial charge in [0, 0.05) is 25.4 Å². The standard InChI is InChI=1S/C16H19FN4OS/c1-10-7-14(18)20-16(19-10)23-11(2)15(22)21(3)9-12-5-4-6-13(17)8-12/h4-8,11H,9H2,1-3H3,(H2,18,19,20)/t11-/m1/s1. The number of rotatable bonds is 5. The molecule has 1 atom stereocenters. The van der Waals surface area contributed by atoms with Gasteiger partial charge in [0.2, 0.25) is 5.91 Å². The first-order valence-corrected chi connectivity index (χ1v) is 8.00. The van der Waals surface area contributed by atoms with Crippen LogP contribution in [0.5, 0.6) is 0 Å². The van der Waals surface area contributed by atoms with Crippen LogP contribution in [0.3, 0.4) is 0 Å². The molecule has 0 aliphatic heterocycles. The number of amides is 1. The van der Waals surface area contributed by atoms with E-state index in [-0.39, 0.29) is 17.0 Å². The number of thioether (sulfide) groups is 1. The van der Waals surface area contributed by atoms with Gasteiger partial charge in [-0.25, -0.2) is 14.4 Å². The molecule has 7 heteroatoms. The van der Waals surface area contributed by atoms with Crippen LogP contribution >= 0.6 is 11.8 Å². The molecule has 5 nitrogen and oxygen atoms in total. The second-order valence-electron chi connectivity index (χ2n) is 5.30. The normalized spacial score (nSPS) is 12.0. The number of carbonyl (C=O) groups excluding carboxylic acids is 1. The minimum atomic E-state index is -0.366. The summed E-state index contributed by atoms with van der Waals surface area (Å²) in [6.45, 7) is 3.96. The maximum absolute atomic E-state index is 13.2. The number of halogens is 1. The molecule has 2 rings (SSSR count). The van der Waals surface area contributed by atoms with Crippen molar-refractivity contribution < 1.29 is 9.18 Å². The lowest BCUT2D eigenvalue weighted by Crippen LogP contribution is -2.32. The van der Waals surface area contributed by atoms with Crippen LogP contribution in [0.25, 0.3) is 0 Å². The molecule has 2 N–H and O–H groups in total. The number of anilines is 1. The van der Waals surface area contributed by atoms with Crippen molar-refractivity contribution in [2.75, 3.05) is 12.8 Å². The summed E-state index contributed by atoms with van der Waals surface area (Å²) in [6, 6.07) is 7.89. The van der Waals surface area contributed by atoms with E-state index in [1.807, 2.05) is 6.92 Å². The number of nitrogens with two attached hydrogens (primary N) is 1. The van der Waals surface area contributed by atoms with E-state index in [9.17, 15) is 9.18 Å². The summed E-state index contributed by atoms with van der Waals surface area (Å²) in [5.41, 5.74) is 7.19. The first-order valence-electron chi connectivity index (χ1n) is 7.12. The summed E-state index contributed by atoms with van der Waals surface area (Å²) in [4.78, 5) is 22.4. The smallest absolute Gasteiger partial charge is 0.235 e. The molecule has 23 heavy (non-hydrogen) atoms. The summed E-state index contributed by atoms with van der Waals surface area (Å²) >= 11 is 1.25. The van der Waals surface area contributed by atoms with Crippen LogP contribution in [0, 0.1) is 12.7 Å². The molecule has 1 heterocycles. The van der Waals surface area contributed by atoms with Crippen molar-refractivity contribution >= 4 is 23.5 Å². The Balaban J connectivity index is 2.00. The number of nitrogen functional groups attached to an aromatic ring is 1. The highest BCUT2D eigenvalue weighted by Gasteiger charge is 2.20. The Kier molecular flexibility index (Phi) is 5.54. The predicted octanol–water partition coefficient (Wildman–Crippen LogP) is 2.65. The van der Waals surface area contributed by atoms with Crippen LogP contribution in [0.2, 0.25) is 0 Å². The molecule has 122 valence electrons. The van der Waals surface area contributed by atoms with Gasteiger partial charge in [0.25, 0.3) is 0 Å². The molecule has 1 aromatic heterocycles. The van der Waals surface area contributed by atoms with Crippen molar-refractivity contribution in [3.63, 3.8) is 0 Å². The van der Waals surface area contributed by atoms with Crippen LogP contribution in [-0.4, -0.2) is 33.1 Å². The number of hydrogen-bond acceptors (Lipinski definition) is 5. The molecular formula is C16H19FN4OS. The summed E-state index contributed by atoms with van der Waals surface area (Å²) < 4.78 is 13.2. The fraction of sp³-hybridized carbons (Fsp3) is 0.312. The van der Waals surface area contributed by atoms with Gasteiger partial charge < -0.3 is 10.6 Å². The van der Waals surface area contributed by atoms with Crippen molar-refractivity contribution in [3.05, 3.63) is 47.4 Å². The summed E-state index contributed by atoms with van der Waals surface area (Å²) in [5, 5.41) is 0.109. The average Bonchev–Trinajstić information content (AvgIpc) is 2.45. The predicted molar refractivity (Wildman–Crippen MR) is 89.4 cm³/mol. The Morgan fingerprint density at radius 3 is 2.78 bits per heavy atom. The lowest BCUT2D eigenvalue weighted by Gasteiger charge is -2.21. The highest BCUT2D eigenvalue weighted by Crippen LogP contribution is 2.22. The molecule has 0 unspecified atom stereocenters. The van der Waals surface area contributed by atoms with E-state index in [1.165, 1.54) is 23.9 Å². The summed E-state index contributed by atoms with van der Waals surface area (Å²) in [7, 11) is 1.69. The Morgan fingerprint density at radius 2 is 2.13 bits per heavy atom. The van der Waals surface area contributed by atoms with Crippen molar-refractivity contribution in [3.8, 4) is 0 Å². The molecule has 0 saturated carbocycles. The van der Waals surface area contributed by atoms with Crippen LogP contribution < -0.4 is 5.73 Å². The molecule has 2 aromatic rings. The third kappa shape index (κ3) is 4.92. The van der Waals surface area contributed by atoms with Gasteiger partial charge in [-0.2, -0.15) is 0 Å². The monoisotopic (exact) mass is 334 g/mol. The Morgan fingerprint density at radius 1 is 1.39 bits per heavy atom. The molecule has 0 radical (unpaired) electrons. The fourth-order valence-corrected chi connectivity index (χ4v) is 3.08. The molecule has 0 saturated heterocycles. The second-order valence-corrected chi connectivity index (χ2v) is 6.61. The molecule has 1 aromatic carbocycles. The van der Waals surface area contributed by atoms with Gasteiger partial charge in [0.1, 0.15) is 11.6 Å². The Labute approximate surface area is 139 Å². The van der Waals surface area contributed by atoms with Gasteiger partial charge >= 0.3 is 0 Å². The SMILES string of the molecule is Cc1cc(N)nc(S[C@H](C)C(=O)N(C)Cc2cccc(F)c2)n1. The number of nitrogens with zero attached hydrogens (tertiary/aromatic N) is 3. The van der Waals surface area contributed by atoms with E-state index >= 15 is 0 Å². The lowest BCUT2D eigenvalue weighted by molar-refractivity contribution is -0.129. The first kappa shape index (κ1) is 17.2. The molecular weight excluding hydrogens is 315 g/mol. The number of aryl methyl sites for hydroxylation is 1. The molecule has 0 bridgehead atoms. The van der Waals surface area contributed by atoms with Crippen LogP contribution in [0.15, 0.2) is 35.5 Å². The zero-order valence-electron chi connectivity index (χ0n) is 13.3.